The molecule has 17 heavy (non-hydrogen) atoms. The summed E-state index contributed by atoms with van der Waals surface area (Å²) in [6.07, 6.45) is -4.58. The Bertz CT molecular complexity index is 416. The number of carbonyl (C=O) groups excluding carboxylic acids is 1. The van der Waals surface area contributed by atoms with Crippen LogP contribution in [0.25, 0.3) is 0 Å². The van der Waals surface area contributed by atoms with E-state index in [0.29, 0.717) is 0 Å². The molecule has 0 unspecified atom stereocenters. The van der Waals surface area contributed by atoms with Gasteiger partial charge >= 0.3 is 6.18 Å². The van der Waals surface area contributed by atoms with Gasteiger partial charge < -0.3 is 10.1 Å². The molecule has 0 atom stereocenters. The Morgan fingerprint density at radius 1 is 1.41 bits per heavy atom. The average Bonchev–Trinajstić information content (AvgIpc) is 2.27. The second-order valence-electron chi connectivity index (χ2n) is 3.33. The van der Waals surface area contributed by atoms with Crippen molar-refractivity contribution in [2.45, 2.75) is 6.18 Å². The molecule has 0 fully saturated rings. The molecule has 0 spiro atoms. The van der Waals surface area contributed by atoms with Gasteiger partial charge in [-0.3, -0.25) is 4.79 Å². The molecule has 0 aliphatic carbocycles. The van der Waals surface area contributed by atoms with Crippen LogP contribution < -0.4 is 10.1 Å². The van der Waals surface area contributed by atoms with E-state index in [9.17, 15) is 18.0 Å². The van der Waals surface area contributed by atoms with Crippen molar-refractivity contribution < 1.29 is 22.7 Å². The SMILES string of the molecule is CNCC(=O)c1c(OC)cccc1C(F)(F)F. The first-order valence-corrected chi connectivity index (χ1v) is 4.83. The number of ether oxygens (including phenoxy) is 1. The Hall–Kier alpha value is -1.56. The minimum atomic E-state index is -4.58. The molecule has 94 valence electrons. The first-order chi connectivity index (χ1) is 7.91. The lowest BCUT2D eigenvalue weighted by Gasteiger charge is -2.15. The molecule has 6 heteroatoms. The van der Waals surface area contributed by atoms with Crippen molar-refractivity contribution in [3.8, 4) is 5.75 Å². The molecular formula is C11H12F3NO2. The maximum absolute atomic E-state index is 12.7. The number of likely N-dealkylation sites (N-methyl/N-ethyl adjacent to an activating group) is 1. The van der Waals surface area contributed by atoms with Gasteiger partial charge in [-0.2, -0.15) is 13.2 Å². The van der Waals surface area contributed by atoms with Crippen LogP contribution in [0.5, 0.6) is 5.75 Å². The summed E-state index contributed by atoms with van der Waals surface area (Å²) >= 11 is 0. The van der Waals surface area contributed by atoms with E-state index in [2.05, 4.69) is 5.32 Å². The van der Waals surface area contributed by atoms with Crippen molar-refractivity contribution in [3.63, 3.8) is 0 Å². The lowest BCUT2D eigenvalue weighted by Crippen LogP contribution is -2.22. The molecule has 0 saturated carbocycles. The first-order valence-electron chi connectivity index (χ1n) is 4.83. The molecule has 0 heterocycles. The number of halogens is 3. The van der Waals surface area contributed by atoms with E-state index < -0.39 is 23.1 Å². The molecule has 3 nitrogen and oxygen atoms in total. The van der Waals surface area contributed by atoms with Crippen molar-refractivity contribution in [1.29, 1.82) is 0 Å². The zero-order chi connectivity index (χ0) is 13.1. The molecule has 0 saturated heterocycles. The predicted octanol–water partition coefficient (Wildman–Crippen LogP) is 2.12. The molecule has 1 aromatic rings. The zero-order valence-electron chi connectivity index (χ0n) is 9.39. The van der Waals surface area contributed by atoms with Crippen LogP contribution in [0.15, 0.2) is 18.2 Å². The second-order valence-corrected chi connectivity index (χ2v) is 3.33. The van der Waals surface area contributed by atoms with Gasteiger partial charge in [0.15, 0.2) is 5.78 Å². The van der Waals surface area contributed by atoms with Gasteiger partial charge in [-0.25, -0.2) is 0 Å². The maximum Gasteiger partial charge on any atom is 0.417 e. The van der Waals surface area contributed by atoms with E-state index >= 15 is 0 Å². The number of rotatable bonds is 4. The van der Waals surface area contributed by atoms with E-state index in [1.165, 1.54) is 26.3 Å². The van der Waals surface area contributed by atoms with Crippen molar-refractivity contribution in [1.82, 2.24) is 5.32 Å². The lowest BCUT2D eigenvalue weighted by atomic mass is 10.0. The van der Waals surface area contributed by atoms with Crippen LogP contribution in [0, 0.1) is 0 Å². The number of methoxy groups -OCH3 is 1. The summed E-state index contributed by atoms with van der Waals surface area (Å²) in [6.45, 7) is -0.177. The number of ketones is 1. The molecule has 1 aromatic carbocycles. The smallest absolute Gasteiger partial charge is 0.417 e. The Kier molecular flexibility index (Phi) is 4.11. The summed E-state index contributed by atoms with van der Waals surface area (Å²) in [6, 6.07) is 3.40. The first kappa shape index (κ1) is 13.5. The summed E-state index contributed by atoms with van der Waals surface area (Å²) < 4.78 is 43.0. The van der Waals surface area contributed by atoms with Gasteiger partial charge in [0, 0.05) is 0 Å². The van der Waals surface area contributed by atoms with Gasteiger partial charge in [-0.1, -0.05) is 6.07 Å². The van der Waals surface area contributed by atoms with Gasteiger partial charge in [0.2, 0.25) is 0 Å². The number of benzene rings is 1. The molecule has 0 aromatic heterocycles. The summed E-state index contributed by atoms with van der Waals surface area (Å²) in [5.74, 6) is -0.725. The maximum atomic E-state index is 12.7. The summed E-state index contributed by atoms with van der Waals surface area (Å²) in [4.78, 5) is 11.6. The third-order valence-electron chi connectivity index (χ3n) is 2.17. The number of alkyl halides is 3. The normalized spacial score (nSPS) is 11.4. The molecule has 0 amide bonds. The molecule has 0 aliphatic heterocycles. The number of nitrogens with one attached hydrogen (secondary N) is 1. The Balaban J connectivity index is 3.36. The number of carbonyl (C=O) groups is 1. The highest BCUT2D eigenvalue weighted by atomic mass is 19.4. The number of Topliss-reactive ketones (excluding diaryl/α,β-unsaturated/α-hetero) is 1. The summed E-state index contributed by atoms with van der Waals surface area (Å²) in [5, 5.41) is 2.52. The van der Waals surface area contributed by atoms with Crippen molar-refractivity contribution in [3.05, 3.63) is 29.3 Å². The molecule has 1 rings (SSSR count). The van der Waals surface area contributed by atoms with Gasteiger partial charge in [0.25, 0.3) is 0 Å². The van der Waals surface area contributed by atoms with Gasteiger partial charge in [0.05, 0.1) is 24.8 Å². The molecular weight excluding hydrogens is 235 g/mol. The van der Waals surface area contributed by atoms with E-state index in [1.807, 2.05) is 0 Å². The second kappa shape index (κ2) is 5.18. The predicted molar refractivity (Wildman–Crippen MR) is 56.3 cm³/mol. The monoisotopic (exact) mass is 247 g/mol. The van der Waals surface area contributed by atoms with Gasteiger partial charge in [-0.05, 0) is 19.2 Å². The van der Waals surface area contributed by atoms with Crippen molar-refractivity contribution in [2.24, 2.45) is 0 Å². The minimum Gasteiger partial charge on any atom is -0.496 e. The molecule has 0 bridgehead atoms. The number of hydrogen-bond donors (Lipinski definition) is 1. The fraction of sp³-hybridized carbons (Fsp3) is 0.364. The topological polar surface area (TPSA) is 38.3 Å². The van der Waals surface area contributed by atoms with E-state index in [0.717, 1.165) is 6.07 Å². The average molecular weight is 247 g/mol. The summed E-state index contributed by atoms with van der Waals surface area (Å²) in [5.41, 5.74) is -1.41. The third kappa shape index (κ3) is 2.97. The summed E-state index contributed by atoms with van der Waals surface area (Å²) in [7, 11) is 2.71. The van der Waals surface area contributed by atoms with Crippen LogP contribution in [0.4, 0.5) is 13.2 Å². The number of hydrogen-bond acceptors (Lipinski definition) is 3. The van der Waals surface area contributed by atoms with Crippen LogP contribution >= 0.6 is 0 Å². The molecule has 0 radical (unpaired) electrons. The minimum absolute atomic E-state index is 0.0694. The van der Waals surface area contributed by atoms with Gasteiger partial charge in [0.1, 0.15) is 5.75 Å². The Labute approximate surface area is 96.6 Å². The van der Waals surface area contributed by atoms with E-state index in [1.54, 1.807) is 0 Å². The van der Waals surface area contributed by atoms with Crippen molar-refractivity contribution >= 4 is 5.78 Å². The lowest BCUT2D eigenvalue weighted by molar-refractivity contribution is -0.138. The highest BCUT2D eigenvalue weighted by Gasteiger charge is 2.36. The van der Waals surface area contributed by atoms with Crippen LogP contribution in [-0.4, -0.2) is 26.5 Å². The zero-order valence-corrected chi connectivity index (χ0v) is 9.39. The van der Waals surface area contributed by atoms with Crippen LogP contribution in [0.1, 0.15) is 15.9 Å². The van der Waals surface area contributed by atoms with E-state index in [4.69, 9.17) is 4.74 Å². The fourth-order valence-corrected chi connectivity index (χ4v) is 1.47. The standard InChI is InChI=1S/C11H12F3NO2/c1-15-6-8(16)10-7(11(12,13)14)4-3-5-9(10)17-2/h3-5,15H,6H2,1-2H3. The highest BCUT2D eigenvalue weighted by Crippen LogP contribution is 2.36. The fourth-order valence-electron chi connectivity index (χ4n) is 1.47. The van der Waals surface area contributed by atoms with Crippen LogP contribution in [0.2, 0.25) is 0 Å². The van der Waals surface area contributed by atoms with Crippen LogP contribution in [-0.2, 0) is 6.18 Å². The third-order valence-corrected chi connectivity index (χ3v) is 2.17. The largest absolute Gasteiger partial charge is 0.496 e. The van der Waals surface area contributed by atoms with Crippen molar-refractivity contribution in [2.75, 3.05) is 20.7 Å². The molecule has 1 N–H and O–H groups in total. The van der Waals surface area contributed by atoms with E-state index in [-0.39, 0.29) is 12.3 Å². The molecule has 0 aliphatic rings. The Morgan fingerprint density at radius 3 is 2.53 bits per heavy atom. The van der Waals surface area contributed by atoms with Crippen LogP contribution in [0.3, 0.4) is 0 Å². The quantitative estimate of drug-likeness (QED) is 0.828. The van der Waals surface area contributed by atoms with Gasteiger partial charge in [-0.15, -0.1) is 0 Å². The Morgan fingerprint density at radius 2 is 2.06 bits per heavy atom. The highest BCUT2D eigenvalue weighted by molar-refractivity contribution is 6.01.